The number of hydrogen-bond acceptors (Lipinski definition) is 6. The fourth-order valence-electron chi connectivity index (χ4n) is 2.52. The van der Waals surface area contributed by atoms with E-state index in [0.29, 0.717) is 29.8 Å². The summed E-state index contributed by atoms with van der Waals surface area (Å²) in [6.07, 6.45) is 2.47. The number of pyridine rings is 1. The number of nitrogens with zero attached hydrogens (tertiary/aromatic N) is 4. The first kappa shape index (κ1) is 16.1. The minimum Gasteiger partial charge on any atom is -0.444 e. The molecule has 0 saturated carbocycles. The van der Waals surface area contributed by atoms with E-state index in [1.807, 2.05) is 0 Å². The molecule has 8 nitrogen and oxygen atoms in total. The van der Waals surface area contributed by atoms with Crippen LogP contribution in [0, 0.1) is 0 Å². The van der Waals surface area contributed by atoms with E-state index in [2.05, 4.69) is 20.3 Å². The molecule has 1 aliphatic rings. The van der Waals surface area contributed by atoms with Crippen molar-refractivity contribution in [2.24, 2.45) is 0 Å². The third-order valence-electron chi connectivity index (χ3n) is 3.50. The lowest BCUT2D eigenvalue weighted by Crippen LogP contribution is -2.53. The molecule has 3 rings (SSSR count). The number of hydrogen-bond donors (Lipinski definition) is 1. The number of carbonyl (C=O) groups excluding carboxylic acids is 2. The first-order valence-electron chi connectivity index (χ1n) is 7.69. The standard InChI is InChI=1S/C16H19N5O3/c1-16(2,3)24-15(23)21-7-6-18-14(22)13(21)11-5-4-10-12(20-11)8-17-9-19-10/h4-5,8-9,13H,6-7H2,1-3H3,(H,18,22). The van der Waals surface area contributed by atoms with Crippen molar-refractivity contribution in [2.45, 2.75) is 32.4 Å². The quantitative estimate of drug-likeness (QED) is 0.850. The lowest BCUT2D eigenvalue weighted by molar-refractivity contribution is -0.129. The van der Waals surface area contributed by atoms with E-state index in [9.17, 15) is 9.59 Å². The predicted molar refractivity (Wildman–Crippen MR) is 86.0 cm³/mol. The summed E-state index contributed by atoms with van der Waals surface area (Å²) in [6.45, 7) is 6.10. The fourth-order valence-corrected chi connectivity index (χ4v) is 2.52. The van der Waals surface area contributed by atoms with Gasteiger partial charge in [-0.25, -0.2) is 19.7 Å². The van der Waals surface area contributed by atoms with Crippen molar-refractivity contribution in [2.75, 3.05) is 13.1 Å². The average Bonchev–Trinajstić information content (AvgIpc) is 2.52. The minimum atomic E-state index is -0.835. The molecule has 8 heteroatoms. The molecule has 1 atom stereocenters. The van der Waals surface area contributed by atoms with Gasteiger partial charge < -0.3 is 10.1 Å². The molecule has 1 saturated heterocycles. The van der Waals surface area contributed by atoms with E-state index in [1.54, 1.807) is 39.1 Å². The highest BCUT2D eigenvalue weighted by molar-refractivity contribution is 5.88. The van der Waals surface area contributed by atoms with Crippen LogP contribution in [-0.4, -0.2) is 50.5 Å². The van der Waals surface area contributed by atoms with Gasteiger partial charge >= 0.3 is 6.09 Å². The van der Waals surface area contributed by atoms with Gasteiger partial charge in [-0.3, -0.25) is 9.69 Å². The molecule has 2 aromatic rings. The van der Waals surface area contributed by atoms with E-state index in [1.165, 1.54) is 11.2 Å². The lowest BCUT2D eigenvalue weighted by Gasteiger charge is -2.35. The lowest BCUT2D eigenvalue weighted by atomic mass is 10.1. The van der Waals surface area contributed by atoms with Crippen molar-refractivity contribution >= 4 is 23.0 Å². The summed E-state index contributed by atoms with van der Waals surface area (Å²) < 4.78 is 5.42. The number of aromatic nitrogens is 3. The van der Waals surface area contributed by atoms with E-state index >= 15 is 0 Å². The van der Waals surface area contributed by atoms with Crippen LogP contribution in [0.15, 0.2) is 24.7 Å². The van der Waals surface area contributed by atoms with E-state index in [0.717, 1.165) is 0 Å². The number of rotatable bonds is 1. The number of piperazine rings is 1. The Balaban J connectivity index is 1.96. The zero-order chi connectivity index (χ0) is 17.3. The second kappa shape index (κ2) is 6.03. The van der Waals surface area contributed by atoms with Crippen molar-refractivity contribution in [1.82, 2.24) is 25.2 Å². The molecule has 3 heterocycles. The molecule has 24 heavy (non-hydrogen) atoms. The van der Waals surface area contributed by atoms with Gasteiger partial charge in [-0.1, -0.05) is 0 Å². The van der Waals surface area contributed by atoms with Gasteiger partial charge in [-0.15, -0.1) is 0 Å². The Morgan fingerprint density at radius 1 is 1.33 bits per heavy atom. The van der Waals surface area contributed by atoms with Crippen molar-refractivity contribution in [3.63, 3.8) is 0 Å². The molecule has 1 fully saturated rings. The maximum absolute atomic E-state index is 12.5. The van der Waals surface area contributed by atoms with Gasteiger partial charge in [-0.2, -0.15) is 0 Å². The fraction of sp³-hybridized carbons (Fsp3) is 0.438. The van der Waals surface area contributed by atoms with Crippen molar-refractivity contribution < 1.29 is 14.3 Å². The van der Waals surface area contributed by atoms with Crippen LogP contribution in [0.1, 0.15) is 32.5 Å². The first-order chi connectivity index (χ1) is 11.3. The first-order valence-corrected chi connectivity index (χ1v) is 7.69. The SMILES string of the molecule is CC(C)(C)OC(=O)N1CCNC(=O)C1c1ccc2ncncc2n1. The summed E-state index contributed by atoms with van der Waals surface area (Å²) in [5, 5.41) is 2.77. The molecule has 0 aromatic carbocycles. The summed E-state index contributed by atoms with van der Waals surface area (Å²) in [5.41, 5.74) is 1.06. The molecule has 2 aromatic heterocycles. The van der Waals surface area contributed by atoms with Crippen LogP contribution < -0.4 is 5.32 Å². The van der Waals surface area contributed by atoms with Gasteiger partial charge in [0.15, 0.2) is 6.04 Å². The molecule has 0 spiro atoms. The summed E-state index contributed by atoms with van der Waals surface area (Å²) in [4.78, 5) is 38.8. The van der Waals surface area contributed by atoms with Crippen LogP contribution in [0.3, 0.4) is 0 Å². The Bertz CT molecular complexity index is 787. The Morgan fingerprint density at radius 2 is 2.12 bits per heavy atom. The Labute approximate surface area is 139 Å². The summed E-state index contributed by atoms with van der Waals surface area (Å²) in [7, 11) is 0. The van der Waals surface area contributed by atoms with E-state index in [4.69, 9.17) is 4.74 Å². The van der Waals surface area contributed by atoms with Crippen LogP contribution in [0.5, 0.6) is 0 Å². The average molecular weight is 329 g/mol. The molecule has 1 N–H and O–H groups in total. The van der Waals surface area contributed by atoms with Gasteiger partial charge in [0.05, 0.1) is 17.4 Å². The Morgan fingerprint density at radius 3 is 2.88 bits per heavy atom. The normalized spacial score (nSPS) is 18.4. The van der Waals surface area contributed by atoms with Crippen molar-refractivity contribution in [1.29, 1.82) is 0 Å². The highest BCUT2D eigenvalue weighted by Crippen LogP contribution is 2.25. The van der Waals surface area contributed by atoms with Crippen molar-refractivity contribution in [3.05, 3.63) is 30.4 Å². The molecule has 0 aliphatic carbocycles. The maximum Gasteiger partial charge on any atom is 0.411 e. The van der Waals surface area contributed by atoms with Gasteiger partial charge in [0, 0.05) is 13.1 Å². The molecule has 2 amide bonds. The molecule has 1 aliphatic heterocycles. The van der Waals surface area contributed by atoms with E-state index < -0.39 is 17.7 Å². The Kier molecular flexibility index (Phi) is 4.04. The smallest absolute Gasteiger partial charge is 0.411 e. The zero-order valence-corrected chi connectivity index (χ0v) is 13.8. The molecular formula is C16H19N5O3. The van der Waals surface area contributed by atoms with Gasteiger partial charge in [0.1, 0.15) is 17.4 Å². The number of amides is 2. The number of ether oxygens (including phenoxy) is 1. The van der Waals surface area contributed by atoms with Gasteiger partial charge in [0.2, 0.25) is 5.91 Å². The largest absolute Gasteiger partial charge is 0.444 e. The molecule has 0 radical (unpaired) electrons. The number of fused-ring (bicyclic) bond motifs is 1. The second-order valence-electron chi connectivity index (χ2n) is 6.53. The summed E-state index contributed by atoms with van der Waals surface area (Å²) >= 11 is 0. The van der Waals surface area contributed by atoms with Crippen LogP contribution in [0.4, 0.5) is 4.79 Å². The number of nitrogens with one attached hydrogen (secondary N) is 1. The topological polar surface area (TPSA) is 97.3 Å². The van der Waals surface area contributed by atoms with Gasteiger partial charge in [-0.05, 0) is 32.9 Å². The monoisotopic (exact) mass is 329 g/mol. The second-order valence-corrected chi connectivity index (χ2v) is 6.53. The van der Waals surface area contributed by atoms with Gasteiger partial charge in [0.25, 0.3) is 0 Å². The van der Waals surface area contributed by atoms with Crippen LogP contribution in [-0.2, 0) is 9.53 Å². The van der Waals surface area contributed by atoms with Crippen LogP contribution in [0.25, 0.3) is 11.0 Å². The molecule has 1 unspecified atom stereocenters. The third-order valence-corrected chi connectivity index (χ3v) is 3.50. The third kappa shape index (κ3) is 3.27. The highest BCUT2D eigenvalue weighted by Gasteiger charge is 2.37. The summed E-state index contributed by atoms with van der Waals surface area (Å²) in [5.74, 6) is -0.282. The van der Waals surface area contributed by atoms with E-state index in [-0.39, 0.29) is 5.91 Å². The maximum atomic E-state index is 12.5. The molecule has 0 bridgehead atoms. The molecule has 126 valence electrons. The predicted octanol–water partition coefficient (Wildman–Crippen LogP) is 1.43. The summed E-state index contributed by atoms with van der Waals surface area (Å²) in [6, 6.07) is 2.62. The van der Waals surface area contributed by atoms with Crippen molar-refractivity contribution in [3.8, 4) is 0 Å². The minimum absolute atomic E-state index is 0.282. The van der Waals surface area contributed by atoms with Crippen LogP contribution in [0.2, 0.25) is 0 Å². The molecular weight excluding hydrogens is 310 g/mol. The Hall–Kier alpha value is -2.77. The number of carbonyl (C=O) groups is 2. The van der Waals surface area contributed by atoms with Crippen LogP contribution >= 0.6 is 0 Å². The highest BCUT2D eigenvalue weighted by atomic mass is 16.6. The zero-order valence-electron chi connectivity index (χ0n) is 13.8.